The number of aryl methyl sites for hydroxylation is 1. The van der Waals surface area contributed by atoms with E-state index in [2.05, 4.69) is 67.6 Å². The molecule has 22 heavy (non-hydrogen) atoms. The van der Waals surface area contributed by atoms with Gasteiger partial charge in [0.1, 0.15) is 10.7 Å². The van der Waals surface area contributed by atoms with E-state index in [1.165, 1.54) is 32.3 Å². The van der Waals surface area contributed by atoms with Crippen LogP contribution in [0.1, 0.15) is 25.1 Å². The van der Waals surface area contributed by atoms with Crippen LogP contribution in [0.5, 0.6) is 0 Å². The molecule has 0 N–H and O–H groups in total. The largest absolute Gasteiger partial charge is 0.286 e. The van der Waals surface area contributed by atoms with Crippen LogP contribution in [0.4, 0.5) is 0 Å². The van der Waals surface area contributed by atoms with Gasteiger partial charge in [0.15, 0.2) is 0 Å². The highest BCUT2D eigenvalue weighted by atomic mass is 32.2. The molecule has 1 aliphatic heterocycles. The highest BCUT2D eigenvalue weighted by Crippen LogP contribution is 2.50. The first-order valence-electron chi connectivity index (χ1n) is 7.60. The van der Waals surface area contributed by atoms with Crippen LogP contribution in [0, 0.1) is 6.92 Å². The van der Waals surface area contributed by atoms with Crippen LogP contribution < -0.4 is 0 Å². The van der Waals surface area contributed by atoms with Crippen LogP contribution in [-0.2, 0) is 4.75 Å². The van der Waals surface area contributed by atoms with Crippen molar-refractivity contribution < 1.29 is 0 Å². The molecule has 3 heteroatoms. The number of fused-ring (bicyclic) bond motifs is 3. The van der Waals surface area contributed by atoms with Crippen molar-refractivity contribution in [1.29, 1.82) is 0 Å². The summed E-state index contributed by atoms with van der Waals surface area (Å²) in [5.41, 5.74) is 4.95. The molecule has 5 rings (SSSR count). The average Bonchev–Trinajstić information content (AvgIpc) is 2.84. The summed E-state index contributed by atoms with van der Waals surface area (Å²) >= 11 is 1.92. The van der Waals surface area contributed by atoms with Gasteiger partial charge in [-0.3, -0.25) is 4.40 Å². The van der Waals surface area contributed by atoms with Crippen molar-refractivity contribution in [1.82, 2.24) is 9.38 Å². The number of hydrogen-bond acceptors (Lipinski definition) is 2. The van der Waals surface area contributed by atoms with E-state index in [0.29, 0.717) is 0 Å². The number of imidazole rings is 1. The number of thioether (sulfide) groups is 1. The SMILES string of the molecule is Cc1nc2c3ccccc3c3cccc4c3n2c1SC4(C)C. The summed E-state index contributed by atoms with van der Waals surface area (Å²) in [5, 5.41) is 5.15. The van der Waals surface area contributed by atoms with Gasteiger partial charge in [-0.05, 0) is 31.7 Å². The maximum atomic E-state index is 4.90. The van der Waals surface area contributed by atoms with E-state index in [1.54, 1.807) is 0 Å². The molecule has 0 fully saturated rings. The van der Waals surface area contributed by atoms with Crippen LogP contribution in [0.25, 0.3) is 27.3 Å². The molecule has 0 spiro atoms. The van der Waals surface area contributed by atoms with E-state index in [-0.39, 0.29) is 4.75 Å². The molecular weight excluding hydrogens is 288 g/mol. The van der Waals surface area contributed by atoms with Crippen molar-refractivity contribution in [3.63, 3.8) is 0 Å². The monoisotopic (exact) mass is 304 g/mol. The number of para-hydroxylation sites is 1. The summed E-state index contributed by atoms with van der Waals surface area (Å²) in [6.45, 7) is 6.74. The molecule has 2 aromatic heterocycles. The van der Waals surface area contributed by atoms with E-state index >= 15 is 0 Å². The smallest absolute Gasteiger partial charge is 0.146 e. The Kier molecular flexibility index (Phi) is 2.19. The molecule has 1 aliphatic rings. The zero-order valence-electron chi connectivity index (χ0n) is 12.8. The van der Waals surface area contributed by atoms with Gasteiger partial charge in [-0.2, -0.15) is 0 Å². The zero-order valence-corrected chi connectivity index (χ0v) is 13.7. The van der Waals surface area contributed by atoms with E-state index in [9.17, 15) is 0 Å². The second-order valence-electron chi connectivity index (χ2n) is 6.52. The van der Waals surface area contributed by atoms with Gasteiger partial charge in [0.25, 0.3) is 0 Å². The molecule has 0 radical (unpaired) electrons. The molecule has 0 amide bonds. The van der Waals surface area contributed by atoms with Crippen LogP contribution >= 0.6 is 11.8 Å². The molecule has 0 unspecified atom stereocenters. The van der Waals surface area contributed by atoms with Crippen LogP contribution in [-0.4, -0.2) is 9.38 Å². The standard InChI is InChI=1S/C19H16N2S/c1-11-18-21-16-13(9-6-10-15(16)19(2,3)22-18)12-7-4-5-8-14(12)17(21)20-11/h4-10H,1-3H3. The Bertz CT molecular complexity index is 1090. The third-order valence-corrected chi connectivity index (χ3v) is 6.12. The fraction of sp³-hybridized carbons (Fsp3) is 0.211. The molecule has 4 aromatic rings. The second-order valence-corrected chi connectivity index (χ2v) is 8.13. The Morgan fingerprint density at radius 2 is 1.68 bits per heavy atom. The molecular formula is C19H16N2S. The van der Waals surface area contributed by atoms with Gasteiger partial charge in [-0.1, -0.05) is 54.2 Å². The average molecular weight is 304 g/mol. The van der Waals surface area contributed by atoms with Crippen molar-refractivity contribution in [2.45, 2.75) is 30.5 Å². The summed E-state index contributed by atoms with van der Waals surface area (Å²) in [6.07, 6.45) is 0. The number of aromatic nitrogens is 2. The summed E-state index contributed by atoms with van der Waals surface area (Å²) in [5.74, 6) is 0. The van der Waals surface area contributed by atoms with Gasteiger partial charge in [0, 0.05) is 15.5 Å². The highest BCUT2D eigenvalue weighted by molar-refractivity contribution is 8.00. The third-order valence-electron chi connectivity index (χ3n) is 4.72. The van der Waals surface area contributed by atoms with E-state index < -0.39 is 0 Å². The molecule has 3 heterocycles. The third kappa shape index (κ3) is 1.35. The maximum absolute atomic E-state index is 4.90. The lowest BCUT2D eigenvalue weighted by atomic mass is 9.96. The van der Waals surface area contributed by atoms with Crippen molar-refractivity contribution in [2.24, 2.45) is 0 Å². The summed E-state index contributed by atoms with van der Waals surface area (Å²) in [6, 6.07) is 15.3. The molecule has 108 valence electrons. The molecule has 2 aromatic carbocycles. The first-order valence-corrected chi connectivity index (χ1v) is 8.41. The van der Waals surface area contributed by atoms with Gasteiger partial charge in [0.05, 0.1) is 11.2 Å². The summed E-state index contributed by atoms with van der Waals surface area (Å²) in [4.78, 5) is 4.90. The van der Waals surface area contributed by atoms with E-state index in [1.807, 2.05) is 11.8 Å². The highest BCUT2D eigenvalue weighted by Gasteiger charge is 2.33. The number of pyridine rings is 1. The van der Waals surface area contributed by atoms with Crippen molar-refractivity contribution >= 4 is 39.1 Å². The van der Waals surface area contributed by atoms with Gasteiger partial charge in [-0.25, -0.2) is 4.98 Å². The molecule has 2 nitrogen and oxygen atoms in total. The predicted molar refractivity (Wildman–Crippen MR) is 93.8 cm³/mol. The first-order chi connectivity index (χ1) is 10.6. The number of hydrogen-bond donors (Lipinski definition) is 0. The van der Waals surface area contributed by atoms with Gasteiger partial charge < -0.3 is 0 Å². The Morgan fingerprint density at radius 1 is 0.955 bits per heavy atom. The van der Waals surface area contributed by atoms with E-state index in [0.717, 1.165) is 11.3 Å². The van der Waals surface area contributed by atoms with Crippen LogP contribution in [0.2, 0.25) is 0 Å². The molecule has 0 saturated heterocycles. The zero-order chi connectivity index (χ0) is 15.1. The molecule has 0 bridgehead atoms. The van der Waals surface area contributed by atoms with Crippen LogP contribution in [0.3, 0.4) is 0 Å². The second kappa shape index (κ2) is 3.85. The minimum Gasteiger partial charge on any atom is -0.286 e. The van der Waals surface area contributed by atoms with Gasteiger partial charge in [-0.15, -0.1) is 0 Å². The Morgan fingerprint density at radius 3 is 2.50 bits per heavy atom. The Labute approximate surface area is 133 Å². The lowest BCUT2D eigenvalue weighted by molar-refractivity contribution is 0.767. The fourth-order valence-electron chi connectivity index (χ4n) is 3.72. The molecule has 0 aliphatic carbocycles. The molecule has 0 saturated carbocycles. The summed E-state index contributed by atoms with van der Waals surface area (Å²) in [7, 11) is 0. The van der Waals surface area contributed by atoms with Crippen LogP contribution in [0.15, 0.2) is 47.5 Å². The maximum Gasteiger partial charge on any atom is 0.146 e. The van der Waals surface area contributed by atoms with Crippen molar-refractivity contribution in [3.8, 4) is 0 Å². The van der Waals surface area contributed by atoms with Gasteiger partial charge in [0.2, 0.25) is 0 Å². The Hall–Kier alpha value is -2.00. The topological polar surface area (TPSA) is 17.3 Å². The predicted octanol–water partition coefficient (Wildman–Crippen LogP) is 5.29. The minimum absolute atomic E-state index is 0.0652. The van der Waals surface area contributed by atoms with Gasteiger partial charge >= 0.3 is 0 Å². The molecule has 0 atom stereocenters. The van der Waals surface area contributed by atoms with Crippen molar-refractivity contribution in [3.05, 3.63) is 53.7 Å². The Balaban J connectivity index is 2.22. The number of rotatable bonds is 0. The fourth-order valence-corrected chi connectivity index (χ4v) is 4.94. The van der Waals surface area contributed by atoms with E-state index in [4.69, 9.17) is 4.98 Å². The quantitative estimate of drug-likeness (QED) is 0.411. The first kappa shape index (κ1) is 12.5. The van der Waals surface area contributed by atoms with Crippen molar-refractivity contribution in [2.75, 3.05) is 0 Å². The number of nitrogens with zero attached hydrogens (tertiary/aromatic N) is 2. The number of benzene rings is 2. The summed E-state index contributed by atoms with van der Waals surface area (Å²) < 4.78 is 2.44. The normalized spacial score (nSPS) is 16.1. The lowest BCUT2D eigenvalue weighted by Crippen LogP contribution is -2.18. The minimum atomic E-state index is 0.0652. The lowest BCUT2D eigenvalue weighted by Gasteiger charge is -2.31.